The highest BCUT2D eigenvalue weighted by molar-refractivity contribution is 6.30. The third-order valence-electron chi connectivity index (χ3n) is 3.49. The van der Waals surface area contributed by atoms with Crippen LogP contribution < -0.4 is 10.1 Å². The first-order valence-corrected chi connectivity index (χ1v) is 7.71. The van der Waals surface area contributed by atoms with Gasteiger partial charge in [-0.15, -0.1) is 0 Å². The minimum Gasteiger partial charge on any atom is -0.495 e. The molecule has 7 nitrogen and oxygen atoms in total. The minimum atomic E-state index is -0.465. The van der Waals surface area contributed by atoms with Crippen molar-refractivity contribution in [2.24, 2.45) is 0 Å². The van der Waals surface area contributed by atoms with Crippen LogP contribution in [0.1, 0.15) is 5.89 Å². The molecule has 2 aromatic carbocycles. The number of methoxy groups -OCH3 is 1. The van der Waals surface area contributed by atoms with Crippen molar-refractivity contribution in [1.29, 1.82) is 0 Å². The maximum atomic E-state index is 10.9. The highest BCUT2D eigenvalue weighted by Crippen LogP contribution is 2.29. The van der Waals surface area contributed by atoms with Crippen molar-refractivity contribution >= 4 is 23.0 Å². The summed E-state index contributed by atoms with van der Waals surface area (Å²) in [6.07, 6.45) is 1.60. The van der Waals surface area contributed by atoms with E-state index >= 15 is 0 Å². The van der Waals surface area contributed by atoms with Gasteiger partial charge in [0.15, 0.2) is 5.76 Å². The Balaban J connectivity index is 1.76. The second-order valence-electron chi connectivity index (χ2n) is 5.12. The van der Waals surface area contributed by atoms with Crippen molar-refractivity contribution in [3.05, 3.63) is 69.7 Å². The normalized spacial score (nSPS) is 10.5. The van der Waals surface area contributed by atoms with Crippen LogP contribution in [-0.2, 0) is 6.54 Å². The predicted octanol–water partition coefficient (Wildman–Crippen LogP) is 4.52. The molecule has 0 saturated heterocycles. The summed E-state index contributed by atoms with van der Waals surface area (Å²) < 4.78 is 10.9. The van der Waals surface area contributed by atoms with Crippen molar-refractivity contribution in [3.63, 3.8) is 0 Å². The van der Waals surface area contributed by atoms with E-state index < -0.39 is 4.92 Å². The standard InChI is InChI=1S/C17H14ClN3O4/c1-24-15-6-5-13(21(22)23)8-14(15)19-10-17-20-9-16(25-17)11-3-2-4-12(18)7-11/h2-9,19H,10H2,1H3. The van der Waals surface area contributed by atoms with Crippen LogP contribution in [0, 0.1) is 10.1 Å². The van der Waals surface area contributed by atoms with Crippen LogP contribution in [0.4, 0.5) is 11.4 Å². The van der Waals surface area contributed by atoms with Crippen molar-refractivity contribution in [2.45, 2.75) is 6.54 Å². The number of hydrogen-bond donors (Lipinski definition) is 1. The van der Waals surface area contributed by atoms with Crippen LogP contribution in [0.5, 0.6) is 5.75 Å². The SMILES string of the molecule is COc1ccc([N+](=O)[O-])cc1NCc1ncc(-c2cccc(Cl)c2)o1. The fourth-order valence-electron chi connectivity index (χ4n) is 2.29. The number of nitrogens with zero attached hydrogens (tertiary/aromatic N) is 2. The smallest absolute Gasteiger partial charge is 0.271 e. The Hall–Kier alpha value is -3.06. The van der Waals surface area contributed by atoms with Crippen molar-refractivity contribution in [2.75, 3.05) is 12.4 Å². The summed E-state index contributed by atoms with van der Waals surface area (Å²) in [6, 6.07) is 11.6. The number of nitro benzene ring substituents is 1. The number of anilines is 1. The van der Waals surface area contributed by atoms with Crippen LogP contribution in [0.2, 0.25) is 5.02 Å². The Kier molecular flexibility index (Phi) is 4.85. The van der Waals surface area contributed by atoms with Gasteiger partial charge in [0.2, 0.25) is 5.89 Å². The fourth-order valence-corrected chi connectivity index (χ4v) is 2.48. The molecule has 0 spiro atoms. The van der Waals surface area contributed by atoms with E-state index in [1.807, 2.05) is 12.1 Å². The van der Waals surface area contributed by atoms with E-state index in [1.165, 1.54) is 25.3 Å². The summed E-state index contributed by atoms with van der Waals surface area (Å²) in [5, 5.41) is 14.6. The first-order valence-electron chi connectivity index (χ1n) is 7.34. The number of rotatable bonds is 6. The van der Waals surface area contributed by atoms with Gasteiger partial charge in [0.25, 0.3) is 5.69 Å². The van der Waals surface area contributed by atoms with E-state index in [0.29, 0.717) is 28.1 Å². The third kappa shape index (κ3) is 3.89. The van der Waals surface area contributed by atoms with E-state index in [4.69, 9.17) is 20.8 Å². The second-order valence-corrected chi connectivity index (χ2v) is 5.56. The molecule has 0 radical (unpaired) electrons. The van der Waals surface area contributed by atoms with Crippen LogP contribution >= 0.6 is 11.6 Å². The number of non-ortho nitro benzene ring substituents is 1. The molecular formula is C17H14ClN3O4. The van der Waals surface area contributed by atoms with Crippen molar-refractivity contribution in [1.82, 2.24) is 4.98 Å². The molecule has 0 bridgehead atoms. The Morgan fingerprint density at radius 3 is 2.88 bits per heavy atom. The zero-order valence-electron chi connectivity index (χ0n) is 13.2. The Labute approximate surface area is 148 Å². The lowest BCUT2D eigenvalue weighted by Gasteiger charge is -2.09. The average molecular weight is 360 g/mol. The van der Waals surface area contributed by atoms with Gasteiger partial charge < -0.3 is 14.5 Å². The summed E-state index contributed by atoms with van der Waals surface area (Å²) >= 11 is 5.97. The molecular weight excluding hydrogens is 346 g/mol. The first kappa shape index (κ1) is 16.8. The summed E-state index contributed by atoms with van der Waals surface area (Å²) in [7, 11) is 1.49. The summed E-state index contributed by atoms with van der Waals surface area (Å²) in [4.78, 5) is 14.6. The maximum absolute atomic E-state index is 10.9. The number of ether oxygens (including phenoxy) is 1. The lowest BCUT2D eigenvalue weighted by atomic mass is 10.2. The number of hydrogen-bond acceptors (Lipinski definition) is 6. The number of benzene rings is 2. The summed E-state index contributed by atoms with van der Waals surface area (Å²) in [6.45, 7) is 0.248. The van der Waals surface area contributed by atoms with Gasteiger partial charge in [0.05, 0.1) is 30.5 Å². The van der Waals surface area contributed by atoms with E-state index in [-0.39, 0.29) is 12.2 Å². The molecule has 1 N–H and O–H groups in total. The van der Waals surface area contributed by atoms with Gasteiger partial charge in [0.1, 0.15) is 5.75 Å². The predicted molar refractivity (Wildman–Crippen MR) is 93.9 cm³/mol. The Morgan fingerprint density at radius 2 is 2.16 bits per heavy atom. The highest BCUT2D eigenvalue weighted by atomic mass is 35.5. The minimum absolute atomic E-state index is 0.0321. The van der Waals surface area contributed by atoms with Crippen LogP contribution in [0.3, 0.4) is 0 Å². The van der Waals surface area contributed by atoms with E-state index in [9.17, 15) is 10.1 Å². The van der Waals surface area contributed by atoms with Gasteiger partial charge in [-0.05, 0) is 18.2 Å². The Bertz CT molecular complexity index is 910. The number of nitrogens with one attached hydrogen (secondary N) is 1. The lowest BCUT2D eigenvalue weighted by Crippen LogP contribution is -2.02. The monoisotopic (exact) mass is 359 g/mol. The molecule has 0 aliphatic carbocycles. The molecule has 128 valence electrons. The molecule has 0 aliphatic heterocycles. The molecule has 1 aromatic heterocycles. The van der Waals surface area contributed by atoms with Gasteiger partial charge in [-0.25, -0.2) is 4.98 Å². The highest BCUT2D eigenvalue weighted by Gasteiger charge is 2.12. The fraction of sp³-hybridized carbons (Fsp3) is 0.118. The largest absolute Gasteiger partial charge is 0.495 e. The molecule has 3 rings (SSSR count). The molecule has 0 amide bonds. The third-order valence-corrected chi connectivity index (χ3v) is 3.72. The van der Waals surface area contributed by atoms with Crippen LogP contribution in [0.25, 0.3) is 11.3 Å². The van der Waals surface area contributed by atoms with Gasteiger partial charge in [-0.2, -0.15) is 0 Å². The van der Waals surface area contributed by atoms with E-state index in [2.05, 4.69) is 10.3 Å². The van der Waals surface area contributed by atoms with Gasteiger partial charge >= 0.3 is 0 Å². The average Bonchev–Trinajstić information content (AvgIpc) is 3.08. The van der Waals surface area contributed by atoms with Crippen LogP contribution in [0.15, 0.2) is 53.1 Å². The second kappa shape index (κ2) is 7.23. The molecule has 0 atom stereocenters. The molecule has 25 heavy (non-hydrogen) atoms. The van der Waals surface area contributed by atoms with Crippen LogP contribution in [-0.4, -0.2) is 17.0 Å². The summed E-state index contributed by atoms with van der Waals surface area (Å²) in [5.41, 5.74) is 1.27. The topological polar surface area (TPSA) is 90.4 Å². The number of halogens is 1. The zero-order valence-corrected chi connectivity index (χ0v) is 14.0. The first-order chi connectivity index (χ1) is 12.1. The van der Waals surface area contributed by atoms with Crippen molar-refractivity contribution < 1.29 is 14.1 Å². The van der Waals surface area contributed by atoms with Gasteiger partial charge in [-0.3, -0.25) is 10.1 Å². The Morgan fingerprint density at radius 1 is 1.32 bits per heavy atom. The number of nitro groups is 1. The summed E-state index contributed by atoms with van der Waals surface area (Å²) in [5.74, 6) is 1.51. The molecule has 0 saturated carbocycles. The lowest BCUT2D eigenvalue weighted by molar-refractivity contribution is -0.384. The molecule has 1 heterocycles. The maximum Gasteiger partial charge on any atom is 0.271 e. The number of aromatic nitrogens is 1. The van der Waals surface area contributed by atoms with Gasteiger partial charge in [0, 0.05) is 22.7 Å². The molecule has 0 fully saturated rings. The zero-order chi connectivity index (χ0) is 17.8. The van der Waals surface area contributed by atoms with E-state index in [1.54, 1.807) is 18.3 Å². The quantitative estimate of drug-likeness (QED) is 0.514. The molecule has 0 unspecified atom stereocenters. The van der Waals surface area contributed by atoms with Crippen molar-refractivity contribution in [3.8, 4) is 17.1 Å². The van der Waals surface area contributed by atoms with E-state index in [0.717, 1.165) is 5.56 Å². The number of oxazole rings is 1. The molecule has 3 aromatic rings. The van der Waals surface area contributed by atoms with Gasteiger partial charge in [-0.1, -0.05) is 23.7 Å². The molecule has 8 heteroatoms. The molecule has 0 aliphatic rings.